The Bertz CT molecular complexity index is 174. The molecule has 1 rings (SSSR count). The van der Waals surface area contributed by atoms with E-state index in [2.05, 4.69) is 5.10 Å². The number of hydrogen-bond acceptors (Lipinski definition) is 4. The predicted octanol–water partition coefficient (Wildman–Crippen LogP) is -0.715. The van der Waals surface area contributed by atoms with Gasteiger partial charge in [0, 0.05) is 0 Å². The van der Waals surface area contributed by atoms with Crippen LogP contribution in [0.3, 0.4) is 0 Å². The molecule has 1 aromatic heterocycles. The van der Waals surface area contributed by atoms with Crippen molar-refractivity contribution in [1.82, 2.24) is 9.94 Å². The largest absolute Gasteiger partial charge is 0.410 e. The van der Waals surface area contributed by atoms with E-state index in [1.54, 1.807) is 0 Å². The van der Waals surface area contributed by atoms with Crippen LogP contribution in [0.25, 0.3) is 0 Å². The van der Waals surface area contributed by atoms with E-state index in [9.17, 15) is 0 Å². The van der Waals surface area contributed by atoms with Gasteiger partial charge in [0.05, 0.1) is 11.9 Å². The second-order valence-corrected chi connectivity index (χ2v) is 1.37. The summed E-state index contributed by atoms with van der Waals surface area (Å²) < 4.78 is 0. The van der Waals surface area contributed by atoms with Crippen molar-refractivity contribution < 1.29 is 5.21 Å². The van der Waals surface area contributed by atoms with E-state index in [0.717, 1.165) is 0 Å². The van der Waals surface area contributed by atoms with Crippen LogP contribution < -0.4 is 11.5 Å². The lowest BCUT2D eigenvalue weighted by atomic mass is 10.5. The first-order valence-electron chi connectivity index (χ1n) is 2.00. The molecular formula is C3H6N4O. The average molecular weight is 114 g/mol. The number of nitrogen functional groups attached to an aromatic ring is 2. The van der Waals surface area contributed by atoms with Gasteiger partial charge in [-0.15, -0.1) is 5.10 Å². The van der Waals surface area contributed by atoms with Crippen molar-refractivity contribution in [2.75, 3.05) is 11.5 Å². The van der Waals surface area contributed by atoms with Crippen LogP contribution >= 0.6 is 0 Å². The predicted molar refractivity (Wildman–Crippen MR) is 28.2 cm³/mol. The molecular weight excluding hydrogens is 108 g/mol. The highest BCUT2D eigenvalue weighted by molar-refractivity contribution is 5.56. The van der Waals surface area contributed by atoms with E-state index < -0.39 is 0 Å². The highest BCUT2D eigenvalue weighted by Gasteiger charge is 1.98. The van der Waals surface area contributed by atoms with Gasteiger partial charge in [0.25, 0.3) is 0 Å². The second-order valence-electron chi connectivity index (χ2n) is 1.37. The summed E-state index contributed by atoms with van der Waals surface area (Å²) in [5.41, 5.74) is 10.6. The zero-order valence-corrected chi connectivity index (χ0v) is 4.07. The van der Waals surface area contributed by atoms with Crippen LogP contribution in [0.15, 0.2) is 6.20 Å². The zero-order valence-electron chi connectivity index (χ0n) is 4.07. The lowest BCUT2D eigenvalue weighted by molar-refractivity contribution is 0.155. The van der Waals surface area contributed by atoms with Crippen LogP contribution in [0.1, 0.15) is 0 Å². The number of rotatable bonds is 0. The van der Waals surface area contributed by atoms with Gasteiger partial charge in [0.1, 0.15) is 0 Å². The Morgan fingerprint density at radius 1 is 1.62 bits per heavy atom. The molecule has 0 saturated carbocycles. The molecule has 0 unspecified atom stereocenters. The maximum atomic E-state index is 8.54. The molecule has 1 aromatic rings. The van der Waals surface area contributed by atoms with Gasteiger partial charge in [-0.05, 0) is 0 Å². The zero-order chi connectivity index (χ0) is 6.15. The smallest absolute Gasteiger partial charge is 0.186 e. The Morgan fingerprint density at radius 2 is 2.25 bits per heavy atom. The van der Waals surface area contributed by atoms with Gasteiger partial charge in [-0.1, -0.05) is 4.85 Å². The average Bonchev–Trinajstić information content (AvgIpc) is 1.98. The summed E-state index contributed by atoms with van der Waals surface area (Å²) in [6.07, 6.45) is 1.27. The summed E-state index contributed by atoms with van der Waals surface area (Å²) in [5, 5.41) is 11.9. The van der Waals surface area contributed by atoms with Crippen molar-refractivity contribution in [3.8, 4) is 0 Å². The van der Waals surface area contributed by atoms with Crippen molar-refractivity contribution in [3.05, 3.63) is 6.20 Å². The minimum Gasteiger partial charge on any atom is -0.410 e. The van der Waals surface area contributed by atoms with E-state index >= 15 is 0 Å². The molecule has 0 saturated heterocycles. The van der Waals surface area contributed by atoms with Gasteiger partial charge in [-0.2, -0.15) is 0 Å². The minimum absolute atomic E-state index is 0.0741. The lowest BCUT2D eigenvalue weighted by Crippen LogP contribution is -2.00. The van der Waals surface area contributed by atoms with Crippen LogP contribution in [-0.4, -0.2) is 15.2 Å². The standard InChI is InChI=1S/C3H6N4O/c4-2-1-6-7(8)3(2)5/h1,8H,4-5H2. The van der Waals surface area contributed by atoms with Crippen LogP contribution in [0.4, 0.5) is 11.5 Å². The Labute approximate surface area is 45.5 Å². The molecule has 0 aromatic carbocycles. The normalized spacial score (nSPS) is 9.50. The number of nitrogens with zero attached hydrogens (tertiary/aromatic N) is 2. The van der Waals surface area contributed by atoms with Crippen molar-refractivity contribution in [2.24, 2.45) is 0 Å². The third-order valence-corrected chi connectivity index (χ3v) is 0.817. The first-order valence-corrected chi connectivity index (χ1v) is 2.00. The van der Waals surface area contributed by atoms with Gasteiger partial charge in [0.15, 0.2) is 5.82 Å². The summed E-state index contributed by atoms with van der Waals surface area (Å²) in [4.78, 5) is 0.523. The SMILES string of the molecule is Nc1cnn(O)c1N. The molecule has 0 aliphatic rings. The van der Waals surface area contributed by atoms with Crippen LogP contribution in [0.5, 0.6) is 0 Å². The quantitative estimate of drug-likeness (QED) is 0.388. The summed E-state index contributed by atoms with van der Waals surface area (Å²) in [6.45, 7) is 0. The molecule has 44 valence electrons. The minimum atomic E-state index is 0.0741. The summed E-state index contributed by atoms with van der Waals surface area (Å²) in [6, 6.07) is 0. The highest BCUT2D eigenvalue weighted by atomic mass is 16.5. The van der Waals surface area contributed by atoms with Crippen molar-refractivity contribution >= 4 is 11.5 Å². The van der Waals surface area contributed by atoms with Crippen LogP contribution in [0.2, 0.25) is 0 Å². The molecule has 1 heterocycles. The third kappa shape index (κ3) is 0.446. The molecule has 0 bridgehead atoms. The topological polar surface area (TPSA) is 90.1 Å². The third-order valence-electron chi connectivity index (χ3n) is 0.817. The molecule has 0 radical (unpaired) electrons. The Morgan fingerprint density at radius 3 is 2.38 bits per heavy atom. The van der Waals surface area contributed by atoms with E-state index in [1.807, 2.05) is 0 Å². The molecule has 0 spiro atoms. The highest BCUT2D eigenvalue weighted by Crippen LogP contribution is 2.08. The van der Waals surface area contributed by atoms with Gasteiger partial charge in [-0.3, -0.25) is 0 Å². The monoisotopic (exact) mass is 114 g/mol. The molecule has 5 heteroatoms. The summed E-state index contributed by atoms with van der Waals surface area (Å²) >= 11 is 0. The number of hydrogen-bond donors (Lipinski definition) is 3. The Kier molecular flexibility index (Phi) is 0.768. The van der Waals surface area contributed by atoms with Crippen LogP contribution in [0, 0.1) is 0 Å². The maximum Gasteiger partial charge on any atom is 0.186 e. The Balaban J connectivity index is 3.19. The fraction of sp³-hybridized carbons (Fsp3) is 0. The molecule has 5 nitrogen and oxygen atoms in total. The van der Waals surface area contributed by atoms with E-state index in [-0.39, 0.29) is 11.5 Å². The van der Waals surface area contributed by atoms with Gasteiger partial charge in [-0.25, -0.2) is 0 Å². The van der Waals surface area contributed by atoms with Crippen molar-refractivity contribution in [3.63, 3.8) is 0 Å². The fourth-order valence-corrected chi connectivity index (χ4v) is 0.361. The van der Waals surface area contributed by atoms with E-state index in [4.69, 9.17) is 16.7 Å². The molecule has 0 amide bonds. The Hall–Kier alpha value is -1.39. The molecule has 0 aliphatic heterocycles. The number of aromatic nitrogens is 2. The lowest BCUT2D eigenvalue weighted by Gasteiger charge is -1.89. The van der Waals surface area contributed by atoms with Gasteiger partial charge >= 0.3 is 0 Å². The van der Waals surface area contributed by atoms with Crippen molar-refractivity contribution in [2.45, 2.75) is 0 Å². The second kappa shape index (κ2) is 1.29. The molecule has 8 heavy (non-hydrogen) atoms. The molecule has 0 aliphatic carbocycles. The molecule has 5 N–H and O–H groups in total. The van der Waals surface area contributed by atoms with Crippen LogP contribution in [-0.2, 0) is 0 Å². The molecule has 0 fully saturated rings. The summed E-state index contributed by atoms with van der Waals surface area (Å²) in [5.74, 6) is 0.0741. The maximum absolute atomic E-state index is 8.54. The number of nitrogens with two attached hydrogens (primary N) is 2. The van der Waals surface area contributed by atoms with Gasteiger partial charge in [0.2, 0.25) is 0 Å². The van der Waals surface area contributed by atoms with Gasteiger partial charge < -0.3 is 16.7 Å². The van der Waals surface area contributed by atoms with E-state index in [1.165, 1.54) is 6.20 Å². The fourth-order valence-electron chi connectivity index (χ4n) is 0.361. The van der Waals surface area contributed by atoms with Crippen molar-refractivity contribution in [1.29, 1.82) is 0 Å². The first-order chi connectivity index (χ1) is 3.72. The number of anilines is 2. The summed E-state index contributed by atoms with van der Waals surface area (Å²) in [7, 11) is 0. The molecule has 0 atom stereocenters. The van der Waals surface area contributed by atoms with E-state index in [0.29, 0.717) is 4.85 Å². The first kappa shape index (κ1) is 4.76.